The highest BCUT2D eigenvalue weighted by Gasteiger charge is 2.30. The van der Waals surface area contributed by atoms with Crippen LogP contribution in [0.1, 0.15) is 46.6 Å². The number of hydrogen-bond acceptors (Lipinski definition) is 7. The Hall–Kier alpha value is -3.28. The molecule has 0 aliphatic heterocycles. The van der Waals surface area contributed by atoms with E-state index >= 15 is 0 Å². The first-order chi connectivity index (χ1) is 15.5. The minimum Gasteiger partial charge on any atom is -0.344 e. The van der Waals surface area contributed by atoms with Crippen molar-refractivity contribution in [2.75, 3.05) is 11.6 Å². The van der Waals surface area contributed by atoms with Crippen molar-refractivity contribution < 1.29 is 32.4 Å². The maximum absolute atomic E-state index is 12.7. The highest BCUT2D eigenvalue weighted by atomic mass is 32.2. The number of anilines is 1. The van der Waals surface area contributed by atoms with Crippen molar-refractivity contribution in [3.8, 4) is 0 Å². The van der Waals surface area contributed by atoms with Gasteiger partial charge in [-0.05, 0) is 23.0 Å². The Bertz CT molecular complexity index is 1050. The summed E-state index contributed by atoms with van der Waals surface area (Å²) >= 11 is 0. The van der Waals surface area contributed by atoms with Gasteiger partial charge in [-0.3, -0.25) is 23.9 Å². The summed E-state index contributed by atoms with van der Waals surface area (Å²) in [6, 6.07) is 4.49. The third-order valence-corrected chi connectivity index (χ3v) is 5.22. The normalized spacial score (nSPS) is 13.4. The number of para-hydroxylation sites is 1. The van der Waals surface area contributed by atoms with E-state index in [1.54, 1.807) is 30.7 Å². The fourth-order valence-corrected chi connectivity index (χ4v) is 3.52. The van der Waals surface area contributed by atoms with Gasteiger partial charge in [0.15, 0.2) is 0 Å². The maximum atomic E-state index is 12.7. The Morgan fingerprint density at radius 3 is 2.09 bits per heavy atom. The Labute approximate surface area is 199 Å². The highest BCUT2D eigenvalue weighted by molar-refractivity contribution is 7.89. The summed E-state index contributed by atoms with van der Waals surface area (Å²) in [5, 5.41) is 7.17. The maximum Gasteiger partial charge on any atom is 0.313 e. The fraction of sp³-hybridized carbons (Fsp3) is 0.500. The SMILES string of the molecule is CC(C)C(NC(=O)C(=O)Nc1ccccc1C(C)(C)C)C(=O)NC(C=O)CC(=O)NS(C)(=O)=O. The van der Waals surface area contributed by atoms with E-state index in [1.807, 2.05) is 32.9 Å². The molecule has 2 unspecified atom stereocenters. The van der Waals surface area contributed by atoms with Crippen molar-refractivity contribution >= 4 is 45.6 Å². The van der Waals surface area contributed by atoms with E-state index in [0.717, 1.165) is 11.8 Å². The van der Waals surface area contributed by atoms with Gasteiger partial charge in [-0.2, -0.15) is 0 Å². The van der Waals surface area contributed by atoms with Crippen LogP contribution in [0.15, 0.2) is 24.3 Å². The molecular weight excluding hydrogens is 464 g/mol. The second-order valence-corrected chi connectivity index (χ2v) is 10.9. The molecule has 0 saturated heterocycles. The minimum atomic E-state index is -3.83. The Kier molecular flexibility index (Phi) is 9.92. The number of sulfonamides is 1. The lowest BCUT2D eigenvalue weighted by Gasteiger charge is -2.24. The van der Waals surface area contributed by atoms with Gasteiger partial charge in [-0.25, -0.2) is 8.42 Å². The van der Waals surface area contributed by atoms with Crippen LogP contribution in [-0.2, 0) is 39.4 Å². The average molecular weight is 497 g/mol. The number of aldehydes is 1. The number of nitrogens with one attached hydrogen (secondary N) is 4. The van der Waals surface area contributed by atoms with E-state index in [-0.39, 0.29) is 11.7 Å². The predicted molar refractivity (Wildman–Crippen MR) is 126 cm³/mol. The molecule has 1 aromatic carbocycles. The lowest BCUT2D eigenvalue weighted by Crippen LogP contribution is -2.55. The molecule has 12 heteroatoms. The van der Waals surface area contributed by atoms with Crippen molar-refractivity contribution in [1.82, 2.24) is 15.4 Å². The predicted octanol–water partition coefficient (Wildman–Crippen LogP) is 0.213. The molecule has 188 valence electrons. The molecule has 11 nitrogen and oxygen atoms in total. The minimum absolute atomic E-state index is 0.273. The molecule has 1 rings (SSSR count). The van der Waals surface area contributed by atoms with Crippen molar-refractivity contribution in [1.29, 1.82) is 0 Å². The Balaban J connectivity index is 2.88. The van der Waals surface area contributed by atoms with E-state index in [4.69, 9.17) is 0 Å². The molecule has 34 heavy (non-hydrogen) atoms. The fourth-order valence-electron chi connectivity index (χ4n) is 3.02. The molecule has 1 aromatic rings. The van der Waals surface area contributed by atoms with Crippen LogP contribution in [0.5, 0.6) is 0 Å². The van der Waals surface area contributed by atoms with Crippen LogP contribution in [0, 0.1) is 5.92 Å². The van der Waals surface area contributed by atoms with Crippen molar-refractivity contribution in [2.24, 2.45) is 5.92 Å². The van der Waals surface area contributed by atoms with E-state index in [2.05, 4.69) is 16.0 Å². The zero-order chi connectivity index (χ0) is 26.3. The zero-order valence-electron chi connectivity index (χ0n) is 20.1. The zero-order valence-corrected chi connectivity index (χ0v) is 20.9. The largest absolute Gasteiger partial charge is 0.344 e. The van der Waals surface area contributed by atoms with Crippen LogP contribution in [-0.4, -0.2) is 56.7 Å². The molecule has 0 heterocycles. The first kappa shape index (κ1) is 28.8. The highest BCUT2D eigenvalue weighted by Crippen LogP contribution is 2.29. The Morgan fingerprint density at radius 1 is 1.00 bits per heavy atom. The van der Waals surface area contributed by atoms with Gasteiger partial charge in [0.25, 0.3) is 0 Å². The summed E-state index contributed by atoms with van der Waals surface area (Å²) in [5.74, 6) is -4.31. The molecular formula is C22H32N4O7S. The molecule has 0 spiro atoms. The molecule has 0 saturated carbocycles. The van der Waals surface area contributed by atoms with Crippen molar-refractivity contribution in [3.63, 3.8) is 0 Å². The van der Waals surface area contributed by atoms with Crippen LogP contribution >= 0.6 is 0 Å². The van der Waals surface area contributed by atoms with Gasteiger partial charge in [0, 0.05) is 5.69 Å². The average Bonchev–Trinajstić information content (AvgIpc) is 2.68. The van der Waals surface area contributed by atoms with Crippen LogP contribution in [0.2, 0.25) is 0 Å². The Morgan fingerprint density at radius 2 is 1.59 bits per heavy atom. The molecule has 0 radical (unpaired) electrons. The first-order valence-electron chi connectivity index (χ1n) is 10.5. The molecule has 2 atom stereocenters. The lowest BCUT2D eigenvalue weighted by atomic mass is 9.86. The second-order valence-electron chi connectivity index (χ2n) is 9.20. The summed E-state index contributed by atoms with van der Waals surface area (Å²) < 4.78 is 24.0. The van der Waals surface area contributed by atoms with E-state index in [1.165, 1.54) is 0 Å². The van der Waals surface area contributed by atoms with Gasteiger partial charge in [-0.15, -0.1) is 0 Å². The van der Waals surface area contributed by atoms with Crippen LogP contribution in [0.4, 0.5) is 5.69 Å². The lowest BCUT2D eigenvalue weighted by molar-refractivity contribution is -0.138. The van der Waals surface area contributed by atoms with Gasteiger partial charge >= 0.3 is 11.8 Å². The third-order valence-electron chi connectivity index (χ3n) is 4.62. The quantitative estimate of drug-likeness (QED) is 0.280. The monoisotopic (exact) mass is 496 g/mol. The topological polar surface area (TPSA) is 168 Å². The van der Waals surface area contributed by atoms with Gasteiger partial charge in [0.05, 0.1) is 18.7 Å². The molecule has 0 aliphatic carbocycles. The second kappa shape index (κ2) is 11.7. The third kappa shape index (κ3) is 9.30. The number of amides is 4. The van der Waals surface area contributed by atoms with Gasteiger partial charge in [0.2, 0.25) is 21.8 Å². The number of rotatable bonds is 9. The first-order valence-corrected chi connectivity index (χ1v) is 12.4. The standard InChI is InChI=1S/C22H32N4O7S/c1-13(2)18(19(29)23-14(12-27)11-17(28)26-34(6,32)33)25-21(31)20(30)24-16-10-8-7-9-15(16)22(3,4)5/h7-10,12-14,18H,11H2,1-6H3,(H,23,29)(H,24,30)(H,25,31)(H,26,28). The van der Waals surface area contributed by atoms with Gasteiger partial charge in [0.1, 0.15) is 12.3 Å². The number of hydrogen-bond donors (Lipinski definition) is 4. The molecule has 0 aromatic heterocycles. The van der Waals surface area contributed by atoms with Crippen LogP contribution in [0.25, 0.3) is 0 Å². The van der Waals surface area contributed by atoms with E-state index in [0.29, 0.717) is 5.69 Å². The molecule has 0 bridgehead atoms. The molecule has 0 fully saturated rings. The number of carbonyl (C=O) groups is 5. The van der Waals surface area contributed by atoms with Gasteiger partial charge < -0.3 is 20.7 Å². The summed E-state index contributed by atoms with van der Waals surface area (Å²) in [5.41, 5.74) is 0.975. The molecule has 4 amide bonds. The molecule has 4 N–H and O–H groups in total. The summed E-state index contributed by atoms with van der Waals surface area (Å²) in [6.45, 7) is 9.09. The van der Waals surface area contributed by atoms with Crippen molar-refractivity contribution in [2.45, 2.75) is 58.5 Å². The number of carbonyl (C=O) groups excluding carboxylic acids is 5. The summed E-state index contributed by atoms with van der Waals surface area (Å²) in [4.78, 5) is 60.7. The van der Waals surface area contributed by atoms with E-state index < -0.39 is 58.1 Å². The summed E-state index contributed by atoms with van der Waals surface area (Å²) in [6.07, 6.45) is 0.426. The summed E-state index contributed by atoms with van der Waals surface area (Å²) in [7, 11) is -3.83. The smallest absolute Gasteiger partial charge is 0.313 e. The van der Waals surface area contributed by atoms with Crippen LogP contribution < -0.4 is 20.7 Å². The van der Waals surface area contributed by atoms with Crippen LogP contribution in [0.3, 0.4) is 0 Å². The molecule has 0 aliphatic rings. The van der Waals surface area contributed by atoms with Crippen molar-refractivity contribution in [3.05, 3.63) is 29.8 Å². The van der Waals surface area contributed by atoms with E-state index in [9.17, 15) is 32.4 Å². The number of benzene rings is 1. The van der Waals surface area contributed by atoms with Gasteiger partial charge in [-0.1, -0.05) is 52.8 Å².